The Bertz CT molecular complexity index is 850. The monoisotopic (exact) mass is 380 g/mol. The highest BCUT2D eigenvalue weighted by Gasteiger charge is 2.36. The van der Waals surface area contributed by atoms with Crippen molar-refractivity contribution in [2.45, 2.75) is 19.0 Å². The van der Waals surface area contributed by atoms with Gasteiger partial charge in [0.15, 0.2) is 0 Å². The SMILES string of the molecule is O=C1CCCN1CN(C(=O)c1ccccc1C(F)(F)F)c1ccc(F)cc1. The molecule has 27 heavy (non-hydrogen) atoms. The van der Waals surface area contributed by atoms with E-state index in [1.54, 1.807) is 0 Å². The lowest BCUT2D eigenvalue weighted by molar-refractivity contribution is -0.138. The zero-order valence-electron chi connectivity index (χ0n) is 14.2. The molecule has 0 N–H and O–H groups in total. The van der Waals surface area contributed by atoms with E-state index in [9.17, 15) is 27.2 Å². The van der Waals surface area contributed by atoms with Gasteiger partial charge in [-0.3, -0.25) is 14.5 Å². The average Bonchev–Trinajstić information content (AvgIpc) is 3.04. The van der Waals surface area contributed by atoms with Gasteiger partial charge in [-0.2, -0.15) is 13.2 Å². The summed E-state index contributed by atoms with van der Waals surface area (Å²) in [7, 11) is 0. The predicted octanol–water partition coefficient (Wildman–Crippen LogP) is 4.07. The number of carbonyl (C=O) groups excluding carboxylic acids is 2. The summed E-state index contributed by atoms with van der Waals surface area (Å²) in [5.41, 5.74) is -1.38. The Morgan fingerprint density at radius 1 is 1.07 bits per heavy atom. The molecule has 0 aromatic heterocycles. The minimum absolute atomic E-state index is 0.181. The highest BCUT2D eigenvalue weighted by molar-refractivity contribution is 6.07. The molecule has 2 amide bonds. The van der Waals surface area contributed by atoms with Crippen LogP contribution in [-0.4, -0.2) is 29.9 Å². The number of rotatable bonds is 4. The van der Waals surface area contributed by atoms with Crippen molar-refractivity contribution in [3.63, 3.8) is 0 Å². The standard InChI is InChI=1S/C19H16F4N2O2/c20-13-7-9-14(10-8-13)25(12-24-11-3-6-17(24)26)18(27)15-4-1-2-5-16(15)19(21,22)23/h1-2,4-5,7-10H,3,6,11-12H2. The van der Waals surface area contributed by atoms with Gasteiger partial charge in [-0.1, -0.05) is 12.1 Å². The molecule has 0 unspecified atom stereocenters. The van der Waals surface area contributed by atoms with Crippen LogP contribution in [0.25, 0.3) is 0 Å². The smallest absolute Gasteiger partial charge is 0.324 e. The molecule has 4 nitrogen and oxygen atoms in total. The van der Waals surface area contributed by atoms with Crippen molar-refractivity contribution in [2.75, 3.05) is 18.1 Å². The van der Waals surface area contributed by atoms with Crippen molar-refractivity contribution in [1.82, 2.24) is 4.90 Å². The Morgan fingerprint density at radius 3 is 2.33 bits per heavy atom. The largest absolute Gasteiger partial charge is 0.417 e. The average molecular weight is 380 g/mol. The van der Waals surface area contributed by atoms with E-state index in [4.69, 9.17) is 0 Å². The molecule has 0 aliphatic carbocycles. The van der Waals surface area contributed by atoms with Gasteiger partial charge in [0.2, 0.25) is 5.91 Å². The molecule has 142 valence electrons. The Kier molecular flexibility index (Phi) is 5.16. The van der Waals surface area contributed by atoms with E-state index in [0.29, 0.717) is 19.4 Å². The molecule has 0 atom stereocenters. The lowest BCUT2D eigenvalue weighted by Gasteiger charge is -2.29. The highest BCUT2D eigenvalue weighted by atomic mass is 19.4. The van der Waals surface area contributed by atoms with Gasteiger partial charge in [-0.15, -0.1) is 0 Å². The second-order valence-corrected chi connectivity index (χ2v) is 6.16. The third-order valence-electron chi connectivity index (χ3n) is 4.33. The molecule has 1 aliphatic rings. The second kappa shape index (κ2) is 7.38. The van der Waals surface area contributed by atoms with Gasteiger partial charge in [0.05, 0.1) is 11.1 Å². The third-order valence-corrected chi connectivity index (χ3v) is 4.33. The number of nitrogens with zero attached hydrogens (tertiary/aromatic N) is 2. The molecular weight excluding hydrogens is 364 g/mol. The Labute approximate surface area is 153 Å². The van der Waals surface area contributed by atoms with E-state index < -0.39 is 29.0 Å². The predicted molar refractivity (Wildman–Crippen MR) is 90.5 cm³/mol. The molecule has 2 aromatic carbocycles. The molecule has 1 saturated heterocycles. The van der Waals surface area contributed by atoms with Crippen molar-refractivity contribution >= 4 is 17.5 Å². The fourth-order valence-electron chi connectivity index (χ4n) is 2.97. The lowest BCUT2D eigenvalue weighted by atomic mass is 10.1. The fraction of sp³-hybridized carbons (Fsp3) is 0.263. The summed E-state index contributed by atoms with van der Waals surface area (Å²) in [6.45, 7) is 0.209. The molecular formula is C19H16F4N2O2. The lowest BCUT2D eigenvalue weighted by Crippen LogP contribution is -2.42. The van der Waals surface area contributed by atoms with Crippen LogP contribution in [0, 0.1) is 5.82 Å². The first-order valence-electron chi connectivity index (χ1n) is 8.29. The van der Waals surface area contributed by atoms with Crippen LogP contribution in [0.5, 0.6) is 0 Å². The summed E-state index contributed by atoms with van der Waals surface area (Å²) in [6, 6.07) is 9.27. The summed E-state index contributed by atoms with van der Waals surface area (Å²) in [5, 5.41) is 0. The van der Waals surface area contributed by atoms with Gasteiger partial charge in [-0.25, -0.2) is 4.39 Å². The maximum absolute atomic E-state index is 13.3. The molecule has 0 bridgehead atoms. The van der Waals surface area contributed by atoms with Gasteiger partial charge < -0.3 is 4.90 Å². The molecule has 3 rings (SSSR count). The molecule has 0 radical (unpaired) electrons. The van der Waals surface area contributed by atoms with Crippen molar-refractivity contribution in [2.24, 2.45) is 0 Å². The molecule has 1 fully saturated rings. The number of halogens is 4. The Balaban J connectivity index is 2.01. The van der Waals surface area contributed by atoms with Gasteiger partial charge in [0, 0.05) is 18.7 Å². The molecule has 0 saturated carbocycles. The first kappa shape index (κ1) is 18.9. The zero-order valence-corrected chi connectivity index (χ0v) is 14.2. The molecule has 1 heterocycles. The van der Waals surface area contributed by atoms with Crippen molar-refractivity contribution in [3.05, 3.63) is 65.5 Å². The molecule has 2 aromatic rings. The fourth-order valence-corrected chi connectivity index (χ4v) is 2.97. The summed E-state index contributed by atoms with van der Waals surface area (Å²) in [4.78, 5) is 27.4. The van der Waals surface area contributed by atoms with E-state index in [0.717, 1.165) is 29.2 Å². The van der Waals surface area contributed by atoms with E-state index in [1.165, 1.54) is 29.2 Å². The van der Waals surface area contributed by atoms with Crippen LogP contribution < -0.4 is 4.90 Å². The third kappa shape index (κ3) is 4.10. The van der Waals surface area contributed by atoms with Gasteiger partial charge in [0.1, 0.15) is 12.5 Å². The summed E-state index contributed by atoms with van der Waals surface area (Å²) in [5.74, 6) is -1.63. The van der Waals surface area contributed by atoms with Crippen molar-refractivity contribution < 1.29 is 27.2 Å². The maximum atomic E-state index is 13.3. The Hall–Kier alpha value is -2.90. The van der Waals surface area contributed by atoms with Gasteiger partial charge in [-0.05, 0) is 42.8 Å². The zero-order chi connectivity index (χ0) is 19.6. The van der Waals surface area contributed by atoms with E-state index >= 15 is 0 Å². The van der Waals surface area contributed by atoms with Crippen LogP contribution in [0.15, 0.2) is 48.5 Å². The number of hydrogen-bond donors (Lipinski definition) is 0. The minimum atomic E-state index is -4.70. The summed E-state index contributed by atoms with van der Waals surface area (Å²) < 4.78 is 53.2. The molecule has 8 heteroatoms. The van der Waals surface area contributed by atoms with E-state index in [-0.39, 0.29) is 18.3 Å². The van der Waals surface area contributed by atoms with Crippen LogP contribution in [-0.2, 0) is 11.0 Å². The van der Waals surface area contributed by atoms with Crippen LogP contribution in [0.1, 0.15) is 28.8 Å². The number of anilines is 1. The number of alkyl halides is 3. The first-order chi connectivity index (χ1) is 12.8. The van der Waals surface area contributed by atoms with Crippen molar-refractivity contribution in [1.29, 1.82) is 0 Å². The van der Waals surface area contributed by atoms with Crippen LogP contribution in [0.2, 0.25) is 0 Å². The number of benzene rings is 2. The normalized spacial score (nSPS) is 14.5. The summed E-state index contributed by atoms with van der Waals surface area (Å²) in [6.07, 6.45) is -3.77. The number of hydrogen-bond acceptors (Lipinski definition) is 2. The second-order valence-electron chi connectivity index (χ2n) is 6.16. The molecule has 1 aliphatic heterocycles. The quantitative estimate of drug-likeness (QED) is 0.751. The summed E-state index contributed by atoms with van der Waals surface area (Å²) >= 11 is 0. The topological polar surface area (TPSA) is 40.6 Å². The van der Waals surface area contributed by atoms with Crippen LogP contribution in [0.3, 0.4) is 0 Å². The first-order valence-corrected chi connectivity index (χ1v) is 8.29. The van der Waals surface area contributed by atoms with E-state index in [1.807, 2.05) is 0 Å². The van der Waals surface area contributed by atoms with Crippen molar-refractivity contribution in [3.8, 4) is 0 Å². The Morgan fingerprint density at radius 2 is 1.74 bits per heavy atom. The van der Waals surface area contributed by atoms with Crippen LogP contribution >= 0.6 is 0 Å². The number of amides is 2. The van der Waals surface area contributed by atoms with E-state index in [2.05, 4.69) is 0 Å². The van der Waals surface area contributed by atoms with Crippen LogP contribution in [0.4, 0.5) is 23.2 Å². The minimum Gasteiger partial charge on any atom is -0.324 e. The molecule has 0 spiro atoms. The highest BCUT2D eigenvalue weighted by Crippen LogP contribution is 2.33. The maximum Gasteiger partial charge on any atom is 0.417 e. The van der Waals surface area contributed by atoms with Gasteiger partial charge >= 0.3 is 6.18 Å². The van der Waals surface area contributed by atoms with Gasteiger partial charge in [0.25, 0.3) is 5.91 Å². The number of likely N-dealkylation sites (tertiary alicyclic amines) is 1. The number of carbonyl (C=O) groups is 2.